The molecule has 2 atom stereocenters. The minimum absolute atomic E-state index is 0.337. The maximum atomic E-state index is 10.1. The van der Waals surface area contributed by atoms with Crippen LogP contribution in [0.5, 0.6) is 0 Å². The molecule has 2 N–H and O–H groups in total. The van der Waals surface area contributed by atoms with Crippen molar-refractivity contribution < 1.29 is 0 Å². The Bertz CT molecular complexity index is 1530. The smallest absolute Gasteiger partial charge is 0.127 e. The van der Waals surface area contributed by atoms with E-state index in [4.69, 9.17) is 5.73 Å². The standard InChI is InChI=1S/C29H24N6/c1-20-8-7-9-21(14-20)18-34-19-23(25-12-5-6-13-27(25)34)15-22(16-30)28-26(17-31)29(32)35(33-28)24-10-3-2-4-11-24/h2-15,19,26,29H,18,32H2,1H3/b22-15-/t26-,29-/m0/s1. The lowest BCUT2D eigenvalue weighted by Gasteiger charge is -2.21. The number of nitrogens with two attached hydrogens (primary N) is 1. The molecule has 0 spiro atoms. The normalized spacial score (nSPS) is 17.8. The third kappa shape index (κ3) is 4.19. The minimum Gasteiger partial charge on any atom is -0.342 e. The fourth-order valence-corrected chi connectivity index (χ4v) is 4.56. The molecule has 5 rings (SSSR count). The second kappa shape index (κ2) is 9.30. The van der Waals surface area contributed by atoms with E-state index in [-0.39, 0.29) is 0 Å². The zero-order chi connectivity index (χ0) is 24.4. The Hall–Kier alpha value is -4.65. The monoisotopic (exact) mass is 456 g/mol. The molecule has 2 heterocycles. The Labute approximate surface area is 204 Å². The third-order valence-electron chi connectivity index (χ3n) is 6.24. The first-order valence-corrected chi connectivity index (χ1v) is 11.4. The van der Waals surface area contributed by atoms with Gasteiger partial charge >= 0.3 is 0 Å². The number of aryl methyl sites for hydroxylation is 1. The lowest BCUT2D eigenvalue weighted by Crippen LogP contribution is -2.40. The summed E-state index contributed by atoms with van der Waals surface area (Å²) in [6.45, 7) is 2.80. The summed E-state index contributed by atoms with van der Waals surface area (Å²) < 4.78 is 2.19. The van der Waals surface area contributed by atoms with Gasteiger partial charge in [0.15, 0.2) is 0 Å². The van der Waals surface area contributed by atoms with Crippen LogP contribution in [0.2, 0.25) is 0 Å². The molecule has 35 heavy (non-hydrogen) atoms. The predicted octanol–water partition coefficient (Wildman–Crippen LogP) is 5.21. The van der Waals surface area contributed by atoms with Gasteiger partial charge in [-0.2, -0.15) is 15.6 Å². The molecule has 170 valence electrons. The molecule has 0 bridgehead atoms. The second-order valence-corrected chi connectivity index (χ2v) is 8.65. The first kappa shape index (κ1) is 22.2. The Morgan fingerprint density at radius 2 is 1.80 bits per heavy atom. The molecule has 0 amide bonds. The van der Waals surface area contributed by atoms with Crippen molar-refractivity contribution in [3.8, 4) is 12.1 Å². The van der Waals surface area contributed by atoms with Gasteiger partial charge in [0.25, 0.3) is 0 Å². The molecule has 0 fully saturated rings. The van der Waals surface area contributed by atoms with Crippen molar-refractivity contribution in [3.05, 3.63) is 107 Å². The highest BCUT2D eigenvalue weighted by atomic mass is 15.5. The van der Waals surface area contributed by atoms with Crippen molar-refractivity contribution in [3.63, 3.8) is 0 Å². The molecule has 1 aromatic heterocycles. The van der Waals surface area contributed by atoms with Crippen LogP contribution < -0.4 is 10.7 Å². The Balaban J connectivity index is 1.57. The lowest BCUT2D eigenvalue weighted by atomic mass is 9.95. The van der Waals surface area contributed by atoms with E-state index in [0.29, 0.717) is 17.8 Å². The van der Waals surface area contributed by atoms with Crippen LogP contribution in [-0.4, -0.2) is 16.4 Å². The van der Waals surface area contributed by atoms with Gasteiger partial charge in [0.05, 0.1) is 23.0 Å². The summed E-state index contributed by atoms with van der Waals surface area (Å²) in [5.74, 6) is -0.721. The van der Waals surface area contributed by atoms with E-state index in [1.165, 1.54) is 11.1 Å². The molecule has 0 radical (unpaired) electrons. The van der Waals surface area contributed by atoms with E-state index in [1.807, 2.05) is 54.6 Å². The topological polar surface area (TPSA) is 94.1 Å². The highest BCUT2D eigenvalue weighted by Gasteiger charge is 2.37. The van der Waals surface area contributed by atoms with Crippen LogP contribution in [0, 0.1) is 35.5 Å². The Kier molecular flexibility index (Phi) is 5.89. The number of para-hydroxylation sites is 2. The van der Waals surface area contributed by atoms with Crippen molar-refractivity contribution in [2.24, 2.45) is 16.8 Å². The summed E-state index contributed by atoms with van der Waals surface area (Å²) in [6, 6.07) is 30.5. The van der Waals surface area contributed by atoms with E-state index in [9.17, 15) is 10.5 Å². The number of hydrazone groups is 1. The number of fused-ring (bicyclic) bond motifs is 1. The van der Waals surface area contributed by atoms with Gasteiger partial charge in [-0.05, 0) is 36.8 Å². The van der Waals surface area contributed by atoms with Gasteiger partial charge < -0.3 is 10.3 Å². The van der Waals surface area contributed by atoms with Crippen LogP contribution in [-0.2, 0) is 6.54 Å². The molecule has 0 saturated carbocycles. The van der Waals surface area contributed by atoms with E-state index in [1.54, 1.807) is 5.01 Å². The quantitative estimate of drug-likeness (QED) is 0.417. The fraction of sp³-hybridized carbons (Fsp3) is 0.138. The molecule has 6 heteroatoms. The average Bonchev–Trinajstić information content (AvgIpc) is 3.40. The van der Waals surface area contributed by atoms with Gasteiger partial charge in [-0.25, -0.2) is 5.01 Å². The van der Waals surface area contributed by atoms with Crippen LogP contribution in [0.15, 0.2) is 95.7 Å². The van der Waals surface area contributed by atoms with Crippen molar-refractivity contribution >= 4 is 28.4 Å². The van der Waals surface area contributed by atoms with Crippen LogP contribution in [0.3, 0.4) is 0 Å². The van der Waals surface area contributed by atoms with Crippen molar-refractivity contribution in [1.82, 2.24) is 4.57 Å². The van der Waals surface area contributed by atoms with Crippen molar-refractivity contribution in [2.75, 3.05) is 5.01 Å². The number of benzene rings is 3. The van der Waals surface area contributed by atoms with E-state index >= 15 is 0 Å². The molecule has 3 aromatic carbocycles. The maximum absolute atomic E-state index is 10.1. The molecule has 0 unspecified atom stereocenters. The highest BCUT2D eigenvalue weighted by Crippen LogP contribution is 2.30. The summed E-state index contributed by atoms with van der Waals surface area (Å²) in [4.78, 5) is 0. The second-order valence-electron chi connectivity index (χ2n) is 8.65. The summed E-state index contributed by atoms with van der Waals surface area (Å²) >= 11 is 0. The first-order valence-electron chi connectivity index (χ1n) is 11.4. The van der Waals surface area contributed by atoms with Gasteiger partial charge in [-0.3, -0.25) is 0 Å². The number of aromatic nitrogens is 1. The molecular formula is C29H24N6. The summed E-state index contributed by atoms with van der Waals surface area (Å²) in [6.07, 6.45) is 3.20. The van der Waals surface area contributed by atoms with Gasteiger partial charge in [-0.15, -0.1) is 0 Å². The number of allylic oxidation sites excluding steroid dienone is 1. The maximum Gasteiger partial charge on any atom is 0.127 e. The molecular weight excluding hydrogens is 432 g/mol. The van der Waals surface area contributed by atoms with Crippen LogP contribution in [0.4, 0.5) is 5.69 Å². The third-order valence-corrected chi connectivity index (χ3v) is 6.24. The predicted molar refractivity (Wildman–Crippen MR) is 139 cm³/mol. The summed E-state index contributed by atoms with van der Waals surface area (Å²) in [5, 5.41) is 27.2. The number of hydrogen-bond acceptors (Lipinski definition) is 5. The van der Waals surface area contributed by atoms with E-state index < -0.39 is 12.1 Å². The van der Waals surface area contributed by atoms with Crippen molar-refractivity contribution in [1.29, 1.82) is 10.5 Å². The minimum atomic E-state index is -0.721. The van der Waals surface area contributed by atoms with E-state index in [0.717, 1.165) is 22.2 Å². The van der Waals surface area contributed by atoms with E-state index in [2.05, 4.69) is 65.3 Å². The summed E-state index contributed by atoms with van der Waals surface area (Å²) in [5.41, 5.74) is 12.3. The molecule has 1 aliphatic heterocycles. The van der Waals surface area contributed by atoms with Crippen molar-refractivity contribution in [2.45, 2.75) is 19.6 Å². The number of hydrogen-bond donors (Lipinski definition) is 1. The zero-order valence-corrected chi connectivity index (χ0v) is 19.3. The SMILES string of the molecule is Cc1cccc(Cn2cc(/C=C(/C#N)C3=NN(c4ccccc4)[C@H](N)[C@H]3C#N)c3ccccc32)c1. The average molecular weight is 457 g/mol. The number of nitriles is 2. The van der Waals surface area contributed by atoms with Crippen LogP contribution in [0.1, 0.15) is 16.7 Å². The van der Waals surface area contributed by atoms with Gasteiger partial charge in [0.2, 0.25) is 0 Å². The first-order chi connectivity index (χ1) is 17.1. The highest BCUT2D eigenvalue weighted by molar-refractivity contribution is 6.12. The zero-order valence-electron chi connectivity index (χ0n) is 19.3. The van der Waals surface area contributed by atoms with Crippen LogP contribution >= 0.6 is 0 Å². The Morgan fingerprint density at radius 1 is 1.03 bits per heavy atom. The molecule has 6 nitrogen and oxygen atoms in total. The van der Waals surface area contributed by atoms with Gasteiger partial charge in [0, 0.05) is 29.2 Å². The van der Waals surface area contributed by atoms with Crippen LogP contribution in [0.25, 0.3) is 17.0 Å². The molecule has 0 aliphatic carbocycles. The number of rotatable bonds is 5. The lowest BCUT2D eigenvalue weighted by molar-refractivity contribution is 0.624. The number of nitrogens with zero attached hydrogens (tertiary/aromatic N) is 5. The summed E-state index contributed by atoms with van der Waals surface area (Å²) in [7, 11) is 0. The molecule has 4 aromatic rings. The fourth-order valence-electron chi connectivity index (χ4n) is 4.56. The Morgan fingerprint density at radius 3 is 2.54 bits per heavy atom. The van der Waals surface area contributed by atoms with Gasteiger partial charge in [-0.1, -0.05) is 66.2 Å². The van der Waals surface area contributed by atoms with Gasteiger partial charge in [0.1, 0.15) is 18.2 Å². The largest absolute Gasteiger partial charge is 0.342 e. The molecule has 1 aliphatic rings. The molecule has 0 saturated heterocycles. The number of anilines is 1.